The normalized spacial score (nSPS) is 10.8. The second kappa shape index (κ2) is 2.42. The summed E-state index contributed by atoms with van der Waals surface area (Å²) in [7, 11) is 0. The fourth-order valence-electron chi connectivity index (χ4n) is 1.12. The van der Waals surface area contributed by atoms with Gasteiger partial charge in [-0.3, -0.25) is 0 Å². The van der Waals surface area contributed by atoms with Gasteiger partial charge in [0.05, 0.1) is 10.2 Å². The maximum absolute atomic E-state index is 13.1. The number of fused-ring (bicyclic) bond motifs is 1. The Morgan fingerprint density at radius 2 is 2.25 bits per heavy atom. The van der Waals surface area contributed by atoms with Gasteiger partial charge in [-0.25, -0.2) is 9.37 Å². The fourth-order valence-corrected chi connectivity index (χ4v) is 1.93. The van der Waals surface area contributed by atoms with Crippen LogP contribution in [-0.2, 0) is 0 Å². The minimum Gasteiger partial charge on any atom is -0.375 e. The number of hydrogen-bond donors (Lipinski definition) is 1. The molecule has 0 fully saturated rings. The van der Waals surface area contributed by atoms with Gasteiger partial charge in [0.15, 0.2) is 5.13 Å². The van der Waals surface area contributed by atoms with E-state index in [0.29, 0.717) is 15.3 Å². The average molecular weight is 182 g/mol. The zero-order valence-corrected chi connectivity index (χ0v) is 7.28. The van der Waals surface area contributed by atoms with Gasteiger partial charge in [-0.1, -0.05) is 17.4 Å². The van der Waals surface area contributed by atoms with Crippen molar-refractivity contribution in [3.63, 3.8) is 0 Å². The first kappa shape index (κ1) is 7.49. The molecule has 62 valence electrons. The number of anilines is 1. The van der Waals surface area contributed by atoms with Crippen LogP contribution >= 0.6 is 11.3 Å². The summed E-state index contributed by atoms with van der Waals surface area (Å²) in [5.74, 6) is -0.246. The molecule has 2 aromatic rings. The summed E-state index contributed by atoms with van der Waals surface area (Å²) in [6, 6.07) is 3.14. The smallest absolute Gasteiger partial charge is 0.181 e. The molecular formula is C8H7FN2S. The van der Waals surface area contributed by atoms with Crippen LogP contribution in [0, 0.1) is 12.7 Å². The van der Waals surface area contributed by atoms with E-state index in [1.54, 1.807) is 6.07 Å². The van der Waals surface area contributed by atoms with Gasteiger partial charge in [0.1, 0.15) is 5.82 Å². The van der Waals surface area contributed by atoms with E-state index >= 15 is 0 Å². The number of nitrogens with zero attached hydrogens (tertiary/aromatic N) is 1. The first-order chi connectivity index (χ1) is 5.68. The van der Waals surface area contributed by atoms with Crippen molar-refractivity contribution >= 4 is 26.7 Å². The molecule has 0 spiro atoms. The number of hydrogen-bond acceptors (Lipinski definition) is 3. The van der Waals surface area contributed by atoms with Gasteiger partial charge < -0.3 is 5.73 Å². The van der Waals surface area contributed by atoms with E-state index in [0.717, 1.165) is 5.56 Å². The highest BCUT2D eigenvalue weighted by molar-refractivity contribution is 7.22. The van der Waals surface area contributed by atoms with Crippen LogP contribution in [0.4, 0.5) is 9.52 Å². The number of rotatable bonds is 0. The molecule has 0 saturated heterocycles. The van der Waals surface area contributed by atoms with Crippen LogP contribution in [0.3, 0.4) is 0 Å². The standard InChI is InChI=1S/C8H7FN2S/c1-4-2-3-5(9)7-6(4)11-8(10)12-7/h2-3H,1H3,(H2,10,11). The number of aryl methyl sites for hydroxylation is 1. The Morgan fingerprint density at radius 1 is 1.50 bits per heavy atom. The Balaban J connectivity index is 2.93. The molecular weight excluding hydrogens is 175 g/mol. The summed E-state index contributed by atoms with van der Waals surface area (Å²) in [4.78, 5) is 4.03. The molecule has 0 aliphatic rings. The predicted octanol–water partition coefficient (Wildman–Crippen LogP) is 2.33. The minimum absolute atomic E-state index is 0.246. The van der Waals surface area contributed by atoms with Crippen molar-refractivity contribution in [1.29, 1.82) is 0 Å². The maximum atomic E-state index is 13.1. The third-order valence-electron chi connectivity index (χ3n) is 1.71. The molecule has 2 nitrogen and oxygen atoms in total. The zero-order chi connectivity index (χ0) is 8.72. The van der Waals surface area contributed by atoms with Gasteiger partial charge in [0.2, 0.25) is 0 Å². The van der Waals surface area contributed by atoms with E-state index in [9.17, 15) is 4.39 Å². The molecule has 0 atom stereocenters. The summed E-state index contributed by atoms with van der Waals surface area (Å²) in [5, 5.41) is 0.415. The van der Waals surface area contributed by atoms with E-state index in [1.807, 2.05) is 6.92 Å². The monoisotopic (exact) mass is 182 g/mol. The van der Waals surface area contributed by atoms with Crippen molar-refractivity contribution < 1.29 is 4.39 Å². The van der Waals surface area contributed by atoms with Crippen LogP contribution in [0.2, 0.25) is 0 Å². The van der Waals surface area contributed by atoms with E-state index in [1.165, 1.54) is 17.4 Å². The Kier molecular flexibility index (Phi) is 1.51. The molecule has 0 unspecified atom stereocenters. The second-order valence-electron chi connectivity index (χ2n) is 2.59. The Morgan fingerprint density at radius 3 is 2.92 bits per heavy atom. The van der Waals surface area contributed by atoms with Crippen LogP contribution in [0.5, 0.6) is 0 Å². The van der Waals surface area contributed by atoms with E-state index in [-0.39, 0.29) is 5.82 Å². The summed E-state index contributed by atoms with van der Waals surface area (Å²) >= 11 is 1.18. The molecule has 12 heavy (non-hydrogen) atoms. The summed E-state index contributed by atoms with van der Waals surface area (Å²) < 4.78 is 13.6. The van der Waals surface area contributed by atoms with Crippen LogP contribution < -0.4 is 5.73 Å². The number of nitrogens with two attached hydrogens (primary N) is 1. The molecule has 1 aromatic carbocycles. The number of thiazole rings is 1. The van der Waals surface area contributed by atoms with Crippen LogP contribution in [0.1, 0.15) is 5.56 Å². The van der Waals surface area contributed by atoms with E-state index in [4.69, 9.17) is 5.73 Å². The molecule has 2 rings (SSSR count). The van der Waals surface area contributed by atoms with Crippen molar-refractivity contribution in [2.24, 2.45) is 0 Å². The highest BCUT2D eigenvalue weighted by atomic mass is 32.1. The van der Waals surface area contributed by atoms with Gasteiger partial charge in [0, 0.05) is 0 Å². The lowest BCUT2D eigenvalue weighted by atomic mass is 10.2. The highest BCUT2D eigenvalue weighted by Gasteiger charge is 2.07. The highest BCUT2D eigenvalue weighted by Crippen LogP contribution is 2.28. The maximum Gasteiger partial charge on any atom is 0.181 e. The molecule has 0 radical (unpaired) electrons. The molecule has 1 aromatic heterocycles. The molecule has 4 heteroatoms. The Bertz CT molecular complexity index is 397. The van der Waals surface area contributed by atoms with Crippen molar-refractivity contribution in [1.82, 2.24) is 4.98 Å². The molecule has 0 saturated carbocycles. The van der Waals surface area contributed by atoms with Crippen LogP contribution in [-0.4, -0.2) is 4.98 Å². The lowest BCUT2D eigenvalue weighted by Crippen LogP contribution is -1.82. The number of aromatic nitrogens is 1. The average Bonchev–Trinajstić information content (AvgIpc) is 2.41. The number of benzene rings is 1. The van der Waals surface area contributed by atoms with Gasteiger partial charge >= 0.3 is 0 Å². The van der Waals surface area contributed by atoms with Gasteiger partial charge in [-0.05, 0) is 18.6 Å². The van der Waals surface area contributed by atoms with Crippen molar-refractivity contribution in [2.45, 2.75) is 6.92 Å². The largest absolute Gasteiger partial charge is 0.375 e. The zero-order valence-electron chi connectivity index (χ0n) is 6.47. The van der Waals surface area contributed by atoms with Gasteiger partial charge in [-0.15, -0.1) is 0 Å². The number of nitrogen functional groups attached to an aromatic ring is 1. The lowest BCUT2D eigenvalue weighted by molar-refractivity contribution is 0.641. The Hall–Kier alpha value is -1.16. The quantitative estimate of drug-likeness (QED) is 0.679. The third-order valence-corrected chi connectivity index (χ3v) is 2.61. The second-order valence-corrected chi connectivity index (χ2v) is 3.62. The fraction of sp³-hybridized carbons (Fsp3) is 0.125. The molecule has 0 bridgehead atoms. The molecule has 0 aliphatic carbocycles. The molecule has 0 amide bonds. The lowest BCUT2D eigenvalue weighted by Gasteiger charge is -1.93. The minimum atomic E-state index is -0.246. The van der Waals surface area contributed by atoms with Crippen molar-refractivity contribution in [2.75, 3.05) is 5.73 Å². The van der Waals surface area contributed by atoms with Crippen LogP contribution in [0.15, 0.2) is 12.1 Å². The summed E-state index contributed by atoms with van der Waals surface area (Å²) in [5.41, 5.74) is 7.11. The first-order valence-corrected chi connectivity index (χ1v) is 4.31. The summed E-state index contributed by atoms with van der Waals surface area (Å²) in [6.45, 7) is 1.89. The Labute approximate surface area is 72.8 Å². The molecule has 1 heterocycles. The van der Waals surface area contributed by atoms with E-state index < -0.39 is 0 Å². The topological polar surface area (TPSA) is 38.9 Å². The third kappa shape index (κ3) is 0.956. The summed E-state index contributed by atoms with van der Waals surface area (Å²) in [6.07, 6.45) is 0. The van der Waals surface area contributed by atoms with Crippen LogP contribution in [0.25, 0.3) is 10.2 Å². The molecule has 0 aliphatic heterocycles. The van der Waals surface area contributed by atoms with Crippen molar-refractivity contribution in [3.8, 4) is 0 Å². The first-order valence-electron chi connectivity index (χ1n) is 3.49. The number of halogens is 1. The van der Waals surface area contributed by atoms with Crippen molar-refractivity contribution in [3.05, 3.63) is 23.5 Å². The van der Waals surface area contributed by atoms with E-state index in [2.05, 4.69) is 4.98 Å². The van der Waals surface area contributed by atoms with Gasteiger partial charge in [-0.2, -0.15) is 0 Å². The molecule has 2 N–H and O–H groups in total. The SMILES string of the molecule is Cc1ccc(F)c2sc(N)nc12. The predicted molar refractivity (Wildman–Crippen MR) is 48.7 cm³/mol. The van der Waals surface area contributed by atoms with Gasteiger partial charge in [0.25, 0.3) is 0 Å².